The SMILES string of the molecule is CCCCC1(CCN)CC1. The summed E-state index contributed by atoms with van der Waals surface area (Å²) in [5, 5.41) is 0. The highest BCUT2D eigenvalue weighted by Crippen LogP contribution is 2.52. The molecule has 1 aliphatic rings. The summed E-state index contributed by atoms with van der Waals surface area (Å²) in [5.74, 6) is 0. The molecular formula is C9H19N. The van der Waals surface area contributed by atoms with Crippen LogP contribution >= 0.6 is 0 Å². The second kappa shape index (κ2) is 3.38. The van der Waals surface area contributed by atoms with E-state index < -0.39 is 0 Å². The lowest BCUT2D eigenvalue weighted by Crippen LogP contribution is -2.08. The maximum Gasteiger partial charge on any atom is -0.00720 e. The maximum absolute atomic E-state index is 5.53. The van der Waals surface area contributed by atoms with E-state index in [0.717, 1.165) is 12.0 Å². The third-order valence-electron chi connectivity index (χ3n) is 2.69. The summed E-state index contributed by atoms with van der Waals surface area (Å²) in [6, 6.07) is 0. The van der Waals surface area contributed by atoms with Gasteiger partial charge in [-0.05, 0) is 37.6 Å². The smallest absolute Gasteiger partial charge is 0.00720 e. The molecule has 0 saturated heterocycles. The molecule has 0 spiro atoms. The van der Waals surface area contributed by atoms with Crippen molar-refractivity contribution >= 4 is 0 Å². The highest BCUT2D eigenvalue weighted by Gasteiger charge is 2.40. The summed E-state index contributed by atoms with van der Waals surface area (Å²) in [7, 11) is 0. The molecule has 0 aliphatic heterocycles. The third kappa shape index (κ3) is 1.98. The van der Waals surface area contributed by atoms with E-state index in [4.69, 9.17) is 5.73 Å². The number of hydrogen-bond donors (Lipinski definition) is 1. The number of nitrogens with two attached hydrogens (primary N) is 1. The van der Waals surface area contributed by atoms with Gasteiger partial charge in [0.15, 0.2) is 0 Å². The van der Waals surface area contributed by atoms with Crippen molar-refractivity contribution in [2.75, 3.05) is 6.54 Å². The summed E-state index contributed by atoms with van der Waals surface area (Å²) in [6.07, 6.45) is 8.34. The molecule has 0 aromatic carbocycles. The Kier molecular flexibility index (Phi) is 2.72. The van der Waals surface area contributed by atoms with Crippen LogP contribution < -0.4 is 5.73 Å². The van der Waals surface area contributed by atoms with Crippen LogP contribution in [0, 0.1) is 5.41 Å². The largest absolute Gasteiger partial charge is 0.330 e. The summed E-state index contributed by atoms with van der Waals surface area (Å²) >= 11 is 0. The first-order valence-electron chi connectivity index (χ1n) is 4.53. The van der Waals surface area contributed by atoms with Crippen LogP contribution in [0.1, 0.15) is 45.4 Å². The minimum Gasteiger partial charge on any atom is -0.330 e. The van der Waals surface area contributed by atoms with Crippen molar-refractivity contribution in [1.29, 1.82) is 0 Å². The normalized spacial score (nSPS) is 21.0. The first-order chi connectivity index (χ1) is 4.83. The van der Waals surface area contributed by atoms with Crippen molar-refractivity contribution in [3.05, 3.63) is 0 Å². The lowest BCUT2D eigenvalue weighted by atomic mass is 9.95. The summed E-state index contributed by atoms with van der Waals surface area (Å²) in [4.78, 5) is 0. The molecule has 1 fully saturated rings. The van der Waals surface area contributed by atoms with Crippen molar-refractivity contribution in [2.45, 2.75) is 45.4 Å². The van der Waals surface area contributed by atoms with Crippen LogP contribution in [0.3, 0.4) is 0 Å². The van der Waals surface area contributed by atoms with E-state index in [2.05, 4.69) is 6.92 Å². The van der Waals surface area contributed by atoms with Gasteiger partial charge in [0.1, 0.15) is 0 Å². The molecule has 0 atom stereocenters. The lowest BCUT2D eigenvalue weighted by molar-refractivity contribution is 0.418. The van der Waals surface area contributed by atoms with Gasteiger partial charge in [0.25, 0.3) is 0 Å². The Morgan fingerprint density at radius 3 is 2.40 bits per heavy atom. The van der Waals surface area contributed by atoms with Gasteiger partial charge >= 0.3 is 0 Å². The zero-order valence-electron chi connectivity index (χ0n) is 7.03. The highest BCUT2D eigenvalue weighted by atomic mass is 14.6. The van der Waals surface area contributed by atoms with E-state index >= 15 is 0 Å². The molecular weight excluding hydrogens is 122 g/mol. The fourth-order valence-corrected chi connectivity index (χ4v) is 1.66. The van der Waals surface area contributed by atoms with Gasteiger partial charge in [-0.15, -0.1) is 0 Å². The molecule has 0 heterocycles. The molecule has 0 bridgehead atoms. The monoisotopic (exact) mass is 141 g/mol. The van der Waals surface area contributed by atoms with E-state index in [1.807, 2.05) is 0 Å². The van der Waals surface area contributed by atoms with E-state index in [0.29, 0.717) is 0 Å². The molecule has 2 N–H and O–H groups in total. The second-order valence-electron chi connectivity index (χ2n) is 3.64. The van der Waals surface area contributed by atoms with Gasteiger partial charge in [0.05, 0.1) is 0 Å². The van der Waals surface area contributed by atoms with Gasteiger partial charge < -0.3 is 5.73 Å². The Bertz CT molecular complexity index is 94.9. The van der Waals surface area contributed by atoms with E-state index in [-0.39, 0.29) is 0 Å². The number of rotatable bonds is 5. The quantitative estimate of drug-likeness (QED) is 0.624. The summed E-state index contributed by atoms with van der Waals surface area (Å²) in [5.41, 5.74) is 6.25. The van der Waals surface area contributed by atoms with Crippen LogP contribution in [0.15, 0.2) is 0 Å². The van der Waals surface area contributed by atoms with Crippen molar-refractivity contribution in [3.8, 4) is 0 Å². The van der Waals surface area contributed by atoms with Gasteiger partial charge in [0, 0.05) is 0 Å². The summed E-state index contributed by atoms with van der Waals surface area (Å²) < 4.78 is 0. The van der Waals surface area contributed by atoms with E-state index in [9.17, 15) is 0 Å². The molecule has 0 aromatic rings. The van der Waals surface area contributed by atoms with Crippen molar-refractivity contribution in [1.82, 2.24) is 0 Å². The molecule has 1 aliphatic carbocycles. The molecule has 0 unspecified atom stereocenters. The molecule has 1 saturated carbocycles. The summed E-state index contributed by atoms with van der Waals surface area (Å²) in [6.45, 7) is 3.16. The van der Waals surface area contributed by atoms with Crippen molar-refractivity contribution < 1.29 is 0 Å². The zero-order valence-corrected chi connectivity index (χ0v) is 7.03. The van der Waals surface area contributed by atoms with Crippen molar-refractivity contribution in [2.24, 2.45) is 11.1 Å². The lowest BCUT2D eigenvalue weighted by Gasteiger charge is -2.11. The Morgan fingerprint density at radius 1 is 1.30 bits per heavy atom. The Morgan fingerprint density at radius 2 is 2.00 bits per heavy atom. The average molecular weight is 141 g/mol. The molecule has 1 nitrogen and oxygen atoms in total. The van der Waals surface area contributed by atoms with Gasteiger partial charge in [-0.2, -0.15) is 0 Å². The van der Waals surface area contributed by atoms with Crippen LogP contribution in [0.5, 0.6) is 0 Å². The standard InChI is InChI=1S/C9H19N/c1-2-3-4-9(5-6-9)7-8-10/h2-8,10H2,1H3. The van der Waals surface area contributed by atoms with Gasteiger partial charge in [-0.3, -0.25) is 0 Å². The highest BCUT2D eigenvalue weighted by molar-refractivity contribution is 4.92. The van der Waals surface area contributed by atoms with Gasteiger partial charge in [0.2, 0.25) is 0 Å². The van der Waals surface area contributed by atoms with Crippen LogP contribution in [0.4, 0.5) is 0 Å². The van der Waals surface area contributed by atoms with E-state index in [1.165, 1.54) is 38.5 Å². The Balaban J connectivity index is 2.11. The van der Waals surface area contributed by atoms with Crippen LogP contribution in [0.25, 0.3) is 0 Å². The first kappa shape index (κ1) is 8.06. The second-order valence-corrected chi connectivity index (χ2v) is 3.64. The number of hydrogen-bond acceptors (Lipinski definition) is 1. The van der Waals surface area contributed by atoms with Crippen LogP contribution in [-0.2, 0) is 0 Å². The maximum atomic E-state index is 5.53. The van der Waals surface area contributed by atoms with Crippen LogP contribution in [0.2, 0.25) is 0 Å². The van der Waals surface area contributed by atoms with Crippen molar-refractivity contribution in [3.63, 3.8) is 0 Å². The van der Waals surface area contributed by atoms with Crippen LogP contribution in [-0.4, -0.2) is 6.54 Å². The predicted octanol–water partition coefficient (Wildman–Crippen LogP) is 2.31. The minimum absolute atomic E-state index is 0.727. The first-order valence-corrected chi connectivity index (χ1v) is 4.53. The fraction of sp³-hybridized carbons (Fsp3) is 1.00. The third-order valence-corrected chi connectivity index (χ3v) is 2.69. The average Bonchev–Trinajstić information content (AvgIpc) is 2.67. The van der Waals surface area contributed by atoms with Gasteiger partial charge in [-0.1, -0.05) is 19.8 Å². The molecule has 0 radical (unpaired) electrons. The fourth-order valence-electron chi connectivity index (χ4n) is 1.66. The molecule has 1 rings (SSSR count). The molecule has 1 heteroatoms. The Hall–Kier alpha value is -0.0400. The van der Waals surface area contributed by atoms with Gasteiger partial charge in [-0.25, -0.2) is 0 Å². The molecule has 60 valence electrons. The topological polar surface area (TPSA) is 26.0 Å². The van der Waals surface area contributed by atoms with E-state index in [1.54, 1.807) is 0 Å². The Labute approximate surface area is 64.0 Å². The predicted molar refractivity (Wildman–Crippen MR) is 44.9 cm³/mol. The molecule has 0 amide bonds. The zero-order chi connectivity index (χ0) is 7.45. The molecule has 0 aromatic heterocycles. The molecule has 10 heavy (non-hydrogen) atoms. The number of unbranched alkanes of at least 4 members (excludes halogenated alkanes) is 1. The minimum atomic E-state index is 0.727.